The molecule has 0 aliphatic heterocycles. The molecule has 0 saturated heterocycles. The van der Waals surface area contributed by atoms with Gasteiger partial charge in [-0.3, -0.25) is 14.9 Å². The zero-order valence-electron chi connectivity index (χ0n) is 8.51. The van der Waals surface area contributed by atoms with Crippen LogP contribution in [0, 0.1) is 10.1 Å². The number of alkyl halides is 1. The number of Topliss-reactive ketones (excluding diaryl/α,β-unsaturated/α-hetero) is 1. The molecule has 0 amide bonds. The lowest BCUT2D eigenvalue weighted by atomic mass is 10.0. The molecule has 86 valence electrons. The molecule has 1 unspecified atom stereocenters. The molecule has 0 radical (unpaired) electrons. The van der Waals surface area contributed by atoms with Gasteiger partial charge in [0.1, 0.15) is 0 Å². The van der Waals surface area contributed by atoms with Crippen molar-refractivity contribution in [1.82, 2.24) is 0 Å². The van der Waals surface area contributed by atoms with Crippen molar-refractivity contribution >= 4 is 27.4 Å². The first-order chi connectivity index (χ1) is 7.47. The second-order valence-corrected chi connectivity index (χ2v) is 4.61. The van der Waals surface area contributed by atoms with Crippen molar-refractivity contribution in [3.8, 4) is 0 Å². The number of hydrogen-bond acceptors (Lipinski definition) is 4. The van der Waals surface area contributed by atoms with E-state index in [9.17, 15) is 14.9 Å². The van der Waals surface area contributed by atoms with Gasteiger partial charge < -0.3 is 5.11 Å². The summed E-state index contributed by atoms with van der Waals surface area (Å²) in [6, 6.07) is 3.84. The van der Waals surface area contributed by atoms with Crippen LogP contribution in [0.1, 0.15) is 22.8 Å². The van der Waals surface area contributed by atoms with Gasteiger partial charge in [-0.15, -0.1) is 0 Å². The first kappa shape index (κ1) is 12.8. The standard InChI is InChI=1S/C10H10BrNO4/c1-6(11)10(14)9-4-8(12(15)16)3-2-7(9)5-13/h2-4,6,13H,5H2,1H3. The van der Waals surface area contributed by atoms with Crippen LogP contribution >= 0.6 is 15.9 Å². The summed E-state index contributed by atoms with van der Waals surface area (Å²) in [5.41, 5.74) is 0.414. The van der Waals surface area contributed by atoms with E-state index >= 15 is 0 Å². The number of hydrogen-bond donors (Lipinski definition) is 1. The molecule has 1 aromatic rings. The number of carbonyl (C=O) groups is 1. The third kappa shape index (κ3) is 2.65. The maximum atomic E-state index is 11.7. The minimum absolute atomic E-state index is 0.159. The van der Waals surface area contributed by atoms with Crippen molar-refractivity contribution in [2.24, 2.45) is 0 Å². The summed E-state index contributed by atoms with van der Waals surface area (Å²) in [6.07, 6.45) is 0. The molecule has 0 aliphatic rings. The number of nitro benzene ring substituents is 1. The minimum atomic E-state index is -0.573. The maximum absolute atomic E-state index is 11.7. The Bertz CT molecular complexity index is 431. The van der Waals surface area contributed by atoms with Crippen molar-refractivity contribution in [1.29, 1.82) is 0 Å². The van der Waals surface area contributed by atoms with Crippen LogP contribution in [0.2, 0.25) is 0 Å². The Hall–Kier alpha value is -1.27. The molecular weight excluding hydrogens is 278 g/mol. The number of benzene rings is 1. The van der Waals surface area contributed by atoms with Gasteiger partial charge >= 0.3 is 0 Å². The lowest BCUT2D eigenvalue weighted by molar-refractivity contribution is -0.384. The fourth-order valence-corrected chi connectivity index (χ4v) is 1.51. The Morgan fingerprint density at radius 1 is 1.62 bits per heavy atom. The second kappa shape index (κ2) is 5.18. The van der Waals surface area contributed by atoms with Gasteiger partial charge in [-0.25, -0.2) is 0 Å². The molecule has 1 N–H and O–H groups in total. The number of ketones is 1. The Balaban J connectivity index is 3.27. The topological polar surface area (TPSA) is 80.4 Å². The molecule has 0 saturated carbocycles. The molecule has 1 rings (SSSR count). The fraction of sp³-hybridized carbons (Fsp3) is 0.300. The number of nitrogens with zero attached hydrogens (tertiary/aromatic N) is 1. The van der Waals surface area contributed by atoms with E-state index in [0.29, 0.717) is 5.56 Å². The van der Waals surface area contributed by atoms with Gasteiger partial charge in [0.05, 0.1) is 16.4 Å². The zero-order chi connectivity index (χ0) is 12.3. The molecule has 1 aromatic carbocycles. The smallest absolute Gasteiger partial charge is 0.270 e. The SMILES string of the molecule is CC(Br)C(=O)c1cc([N+](=O)[O-])ccc1CO. The number of non-ortho nitro benzene ring substituents is 1. The number of rotatable bonds is 4. The van der Waals surface area contributed by atoms with E-state index in [1.807, 2.05) is 0 Å². The Labute approximate surface area is 100 Å². The van der Waals surface area contributed by atoms with Crippen LogP contribution in [-0.4, -0.2) is 20.6 Å². The molecule has 1 atom stereocenters. The van der Waals surface area contributed by atoms with Crippen LogP contribution < -0.4 is 0 Å². The second-order valence-electron chi connectivity index (χ2n) is 3.24. The normalized spacial score (nSPS) is 12.2. The Morgan fingerprint density at radius 2 is 2.25 bits per heavy atom. The van der Waals surface area contributed by atoms with E-state index in [0.717, 1.165) is 0 Å². The van der Waals surface area contributed by atoms with Gasteiger partial charge in [-0.1, -0.05) is 15.9 Å². The molecule has 0 fully saturated rings. The van der Waals surface area contributed by atoms with Gasteiger partial charge in [0.25, 0.3) is 5.69 Å². The average Bonchev–Trinajstić information content (AvgIpc) is 2.26. The monoisotopic (exact) mass is 287 g/mol. The van der Waals surface area contributed by atoms with Crippen LogP contribution in [0.15, 0.2) is 18.2 Å². The quantitative estimate of drug-likeness (QED) is 0.398. The lowest BCUT2D eigenvalue weighted by Gasteiger charge is -2.07. The van der Waals surface area contributed by atoms with Crippen molar-refractivity contribution < 1.29 is 14.8 Å². The summed E-state index contributed by atoms with van der Waals surface area (Å²) in [5, 5.41) is 19.6. The lowest BCUT2D eigenvalue weighted by Crippen LogP contribution is -2.13. The number of aliphatic hydroxyl groups is 1. The van der Waals surface area contributed by atoms with Gasteiger partial charge in [-0.05, 0) is 18.6 Å². The summed E-state index contributed by atoms with van der Waals surface area (Å²) in [6.45, 7) is 1.31. The predicted octanol–water partition coefficient (Wildman–Crippen LogP) is 2.05. The maximum Gasteiger partial charge on any atom is 0.270 e. The van der Waals surface area contributed by atoms with E-state index in [1.54, 1.807) is 6.92 Å². The number of halogens is 1. The molecule has 5 nitrogen and oxygen atoms in total. The molecule has 0 bridgehead atoms. The molecule has 0 spiro atoms. The van der Waals surface area contributed by atoms with Crippen molar-refractivity contribution in [2.75, 3.05) is 0 Å². The van der Waals surface area contributed by atoms with Crippen LogP contribution in [0.25, 0.3) is 0 Å². The van der Waals surface area contributed by atoms with Gasteiger partial charge in [-0.2, -0.15) is 0 Å². The van der Waals surface area contributed by atoms with Crippen LogP contribution in [0.5, 0.6) is 0 Å². The summed E-state index contributed by atoms with van der Waals surface area (Å²) in [5.74, 6) is -0.284. The third-order valence-corrected chi connectivity index (χ3v) is 2.52. The summed E-state index contributed by atoms with van der Waals surface area (Å²) >= 11 is 3.10. The molecule has 0 aliphatic carbocycles. The summed E-state index contributed by atoms with van der Waals surface area (Å²) in [4.78, 5) is 21.3. The predicted molar refractivity (Wildman–Crippen MR) is 61.7 cm³/mol. The van der Waals surface area contributed by atoms with Crippen LogP contribution in [-0.2, 0) is 6.61 Å². The molecule has 16 heavy (non-hydrogen) atoms. The number of aliphatic hydroxyl groups excluding tert-OH is 1. The number of carbonyl (C=O) groups excluding carboxylic acids is 1. The third-order valence-electron chi connectivity index (χ3n) is 2.10. The first-order valence-corrected chi connectivity index (χ1v) is 5.45. The highest BCUT2D eigenvalue weighted by atomic mass is 79.9. The van der Waals surface area contributed by atoms with E-state index in [4.69, 9.17) is 5.11 Å². The van der Waals surface area contributed by atoms with Crippen LogP contribution in [0.4, 0.5) is 5.69 Å². The van der Waals surface area contributed by atoms with Crippen molar-refractivity contribution in [3.05, 3.63) is 39.4 Å². The van der Waals surface area contributed by atoms with E-state index < -0.39 is 9.75 Å². The van der Waals surface area contributed by atoms with Crippen molar-refractivity contribution in [2.45, 2.75) is 18.4 Å². The summed E-state index contributed by atoms with van der Waals surface area (Å²) in [7, 11) is 0. The molecule has 6 heteroatoms. The highest BCUT2D eigenvalue weighted by molar-refractivity contribution is 9.10. The Kier molecular flexibility index (Phi) is 4.14. The average molecular weight is 288 g/mol. The number of nitro groups is 1. The first-order valence-electron chi connectivity index (χ1n) is 4.53. The van der Waals surface area contributed by atoms with Crippen LogP contribution in [0.3, 0.4) is 0 Å². The highest BCUT2D eigenvalue weighted by Crippen LogP contribution is 2.21. The van der Waals surface area contributed by atoms with Gasteiger partial charge in [0.2, 0.25) is 0 Å². The molecule has 0 aromatic heterocycles. The van der Waals surface area contributed by atoms with Crippen molar-refractivity contribution in [3.63, 3.8) is 0 Å². The molecular formula is C10H10BrNO4. The van der Waals surface area contributed by atoms with E-state index in [-0.39, 0.29) is 23.6 Å². The zero-order valence-corrected chi connectivity index (χ0v) is 10.1. The highest BCUT2D eigenvalue weighted by Gasteiger charge is 2.19. The van der Waals surface area contributed by atoms with Gasteiger partial charge in [0, 0.05) is 17.7 Å². The molecule has 0 heterocycles. The minimum Gasteiger partial charge on any atom is -0.392 e. The van der Waals surface area contributed by atoms with E-state index in [2.05, 4.69) is 15.9 Å². The summed E-state index contributed by atoms with van der Waals surface area (Å²) < 4.78 is 0. The van der Waals surface area contributed by atoms with Gasteiger partial charge in [0.15, 0.2) is 5.78 Å². The fourth-order valence-electron chi connectivity index (χ4n) is 1.26. The largest absolute Gasteiger partial charge is 0.392 e. The Morgan fingerprint density at radius 3 is 2.69 bits per heavy atom. The van der Waals surface area contributed by atoms with E-state index in [1.165, 1.54) is 18.2 Å².